The van der Waals surface area contributed by atoms with E-state index >= 15 is 0 Å². The number of para-hydroxylation sites is 1. The molecular weight excluding hydrogens is 254 g/mol. The lowest BCUT2D eigenvalue weighted by Gasteiger charge is -2.17. The highest BCUT2D eigenvalue weighted by Gasteiger charge is 2.18. The van der Waals surface area contributed by atoms with E-state index in [0.29, 0.717) is 5.69 Å². The molecule has 5 heteroatoms. The first kappa shape index (κ1) is 14.1. The van der Waals surface area contributed by atoms with Gasteiger partial charge >= 0.3 is 5.97 Å². The summed E-state index contributed by atoms with van der Waals surface area (Å²) in [5, 5.41) is 16.9. The van der Waals surface area contributed by atoms with Gasteiger partial charge < -0.3 is 10.4 Å². The third-order valence-electron chi connectivity index (χ3n) is 3.53. The van der Waals surface area contributed by atoms with Gasteiger partial charge in [0, 0.05) is 24.0 Å². The number of aromatic carboxylic acids is 1. The van der Waals surface area contributed by atoms with Crippen molar-refractivity contribution in [1.82, 2.24) is 9.78 Å². The van der Waals surface area contributed by atoms with Crippen LogP contribution in [0.25, 0.3) is 0 Å². The van der Waals surface area contributed by atoms with E-state index in [2.05, 4.69) is 10.4 Å². The predicted octanol–water partition coefficient (Wildman–Crippen LogP) is 2.91. The fraction of sp³-hybridized carbons (Fsp3) is 0.333. The Hall–Kier alpha value is -2.30. The van der Waals surface area contributed by atoms with E-state index in [1.165, 1.54) is 0 Å². The highest BCUT2D eigenvalue weighted by molar-refractivity contribution is 5.94. The second-order valence-corrected chi connectivity index (χ2v) is 4.92. The Morgan fingerprint density at radius 2 is 2.00 bits per heavy atom. The van der Waals surface area contributed by atoms with Crippen LogP contribution in [0.5, 0.6) is 0 Å². The largest absolute Gasteiger partial charge is 0.478 e. The molecule has 1 unspecified atom stereocenters. The summed E-state index contributed by atoms with van der Waals surface area (Å²) in [5.74, 6) is -0.931. The average molecular weight is 273 g/mol. The Morgan fingerprint density at radius 3 is 2.55 bits per heavy atom. The maximum atomic E-state index is 11.2. The SMILES string of the molecule is Cc1nn(C)c(C)c1C(C)Nc1ccccc1C(=O)O. The summed E-state index contributed by atoms with van der Waals surface area (Å²) in [6.45, 7) is 5.98. The number of aryl methyl sites for hydroxylation is 2. The molecule has 0 saturated heterocycles. The molecule has 20 heavy (non-hydrogen) atoms. The van der Waals surface area contributed by atoms with Crippen LogP contribution in [0.3, 0.4) is 0 Å². The zero-order valence-electron chi connectivity index (χ0n) is 12.1. The van der Waals surface area contributed by atoms with E-state index in [4.69, 9.17) is 0 Å². The van der Waals surface area contributed by atoms with Gasteiger partial charge in [0.15, 0.2) is 0 Å². The standard InChI is InChI=1S/C15H19N3O2/c1-9(14-10(2)17-18(4)11(14)3)16-13-8-6-5-7-12(13)15(19)20/h5-9,16H,1-4H3,(H,19,20). The number of aromatic nitrogens is 2. The number of benzene rings is 1. The Labute approximate surface area is 118 Å². The lowest BCUT2D eigenvalue weighted by molar-refractivity contribution is 0.0698. The van der Waals surface area contributed by atoms with Crippen molar-refractivity contribution in [2.75, 3.05) is 5.32 Å². The molecule has 0 saturated carbocycles. The molecule has 1 aromatic carbocycles. The van der Waals surface area contributed by atoms with Crippen LogP contribution >= 0.6 is 0 Å². The van der Waals surface area contributed by atoms with Gasteiger partial charge in [-0.3, -0.25) is 4.68 Å². The first-order valence-corrected chi connectivity index (χ1v) is 6.50. The minimum absolute atomic E-state index is 0.0100. The van der Waals surface area contributed by atoms with E-state index in [1.807, 2.05) is 38.6 Å². The summed E-state index contributed by atoms with van der Waals surface area (Å²) in [4.78, 5) is 11.2. The summed E-state index contributed by atoms with van der Waals surface area (Å²) in [6, 6.07) is 6.91. The van der Waals surface area contributed by atoms with Crippen molar-refractivity contribution in [3.63, 3.8) is 0 Å². The quantitative estimate of drug-likeness (QED) is 0.898. The fourth-order valence-electron chi connectivity index (χ4n) is 2.52. The van der Waals surface area contributed by atoms with Crippen LogP contribution in [0.1, 0.15) is 40.3 Å². The lowest BCUT2D eigenvalue weighted by atomic mass is 10.1. The van der Waals surface area contributed by atoms with Gasteiger partial charge in [0.05, 0.1) is 17.3 Å². The number of nitrogens with zero attached hydrogens (tertiary/aromatic N) is 2. The van der Waals surface area contributed by atoms with E-state index in [9.17, 15) is 9.90 Å². The Balaban J connectivity index is 2.33. The first-order chi connectivity index (χ1) is 9.41. The van der Waals surface area contributed by atoms with Crippen LogP contribution in [0.2, 0.25) is 0 Å². The monoisotopic (exact) mass is 273 g/mol. The van der Waals surface area contributed by atoms with Crippen LogP contribution < -0.4 is 5.32 Å². The van der Waals surface area contributed by atoms with Crippen LogP contribution in [-0.2, 0) is 7.05 Å². The molecular formula is C15H19N3O2. The molecule has 2 N–H and O–H groups in total. The minimum atomic E-state index is -0.931. The number of carboxylic acids is 1. The molecule has 0 aliphatic rings. The topological polar surface area (TPSA) is 67.2 Å². The fourth-order valence-corrected chi connectivity index (χ4v) is 2.52. The molecule has 0 aliphatic heterocycles. The smallest absolute Gasteiger partial charge is 0.337 e. The predicted molar refractivity (Wildman–Crippen MR) is 78.1 cm³/mol. The molecule has 0 bridgehead atoms. The molecule has 2 aromatic rings. The molecule has 1 heterocycles. The minimum Gasteiger partial charge on any atom is -0.478 e. The summed E-state index contributed by atoms with van der Waals surface area (Å²) in [5.41, 5.74) is 4.04. The van der Waals surface area contributed by atoms with Gasteiger partial charge in [-0.05, 0) is 32.9 Å². The summed E-state index contributed by atoms with van der Waals surface area (Å²) in [6.07, 6.45) is 0. The number of hydrogen-bond donors (Lipinski definition) is 2. The Morgan fingerprint density at radius 1 is 1.35 bits per heavy atom. The molecule has 0 radical (unpaired) electrons. The molecule has 5 nitrogen and oxygen atoms in total. The molecule has 0 amide bonds. The highest BCUT2D eigenvalue weighted by atomic mass is 16.4. The summed E-state index contributed by atoms with van der Waals surface area (Å²) >= 11 is 0. The summed E-state index contributed by atoms with van der Waals surface area (Å²) in [7, 11) is 1.91. The lowest BCUT2D eigenvalue weighted by Crippen LogP contribution is -2.12. The molecule has 0 aliphatic carbocycles. The Bertz CT molecular complexity index is 647. The highest BCUT2D eigenvalue weighted by Crippen LogP contribution is 2.26. The maximum Gasteiger partial charge on any atom is 0.337 e. The molecule has 2 rings (SSSR count). The second-order valence-electron chi connectivity index (χ2n) is 4.92. The number of carboxylic acid groups (broad SMARTS) is 1. The van der Waals surface area contributed by atoms with Crippen molar-refractivity contribution in [2.24, 2.45) is 7.05 Å². The van der Waals surface area contributed by atoms with Gasteiger partial charge in [-0.15, -0.1) is 0 Å². The molecule has 106 valence electrons. The molecule has 1 atom stereocenters. The van der Waals surface area contributed by atoms with Crippen molar-refractivity contribution in [2.45, 2.75) is 26.8 Å². The number of carbonyl (C=O) groups is 1. The molecule has 0 fully saturated rings. The van der Waals surface area contributed by atoms with Crippen molar-refractivity contribution in [1.29, 1.82) is 0 Å². The summed E-state index contributed by atoms with van der Waals surface area (Å²) < 4.78 is 1.84. The zero-order valence-corrected chi connectivity index (χ0v) is 12.1. The third-order valence-corrected chi connectivity index (χ3v) is 3.53. The van der Waals surface area contributed by atoms with Crippen LogP contribution in [-0.4, -0.2) is 20.9 Å². The van der Waals surface area contributed by atoms with Gasteiger partial charge in [0.1, 0.15) is 0 Å². The molecule has 1 aromatic heterocycles. The van der Waals surface area contributed by atoms with Gasteiger partial charge in [0.2, 0.25) is 0 Å². The van der Waals surface area contributed by atoms with E-state index < -0.39 is 5.97 Å². The van der Waals surface area contributed by atoms with Crippen molar-refractivity contribution in [3.05, 3.63) is 46.8 Å². The van der Waals surface area contributed by atoms with Crippen LogP contribution in [0, 0.1) is 13.8 Å². The van der Waals surface area contributed by atoms with Gasteiger partial charge in [-0.1, -0.05) is 12.1 Å². The van der Waals surface area contributed by atoms with Crippen molar-refractivity contribution < 1.29 is 9.90 Å². The number of anilines is 1. The van der Waals surface area contributed by atoms with Crippen molar-refractivity contribution >= 4 is 11.7 Å². The van der Waals surface area contributed by atoms with Gasteiger partial charge in [0.25, 0.3) is 0 Å². The maximum absolute atomic E-state index is 11.2. The second kappa shape index (κ2) is 5.36. The Kier molecular flexibility index (Phi) is 3.79. The third kappa shape index (κ3) is 2.52. The average Bonchev–Trinajstić information content (AvgIpc) is 2.63. The van der Waals surface area contributed by atoms with Crippen LogP contribution in [0.15, 0.2) is 24.3 Å². The zero-order chi connectivity index (χ0) is 14.9. The number of hydrogen-bond acceptors (Lipinski definition) is 3. The van der Waals surface area contributed by atoms with E-state index in [1.54, 1.807) is 18.2 Å². The normalized spacial score (nSPS) is 12.2. The van der Waals surface area contributed by atoms with E-state index in [-0.39, 0.29) is 11.6 Å². The van der Waals surface area contributed by atoms with Gasteiger partial charge in [-0.2, -0.15) is 5.10 Å². The number of nitrogens with one attached hydrogen (secondary N) is 1. The van der Waals surface area contributed by atoms with Crippen LogP contribution in [0.4, 0.5) is 5.69 Å². The van der Waals surface area contributed by atoms with Crippen molar-refractivity contribution in [3.8, 4) is 0 Å². The van der Waals surface area contributed by atoms with E-state index in [0.717, 1.165) is 17.0 Å². The first-order valence-electron chi connectivity index (χ1n) is 6.50. The van der Waals surface area contributed by atoms with Gasteiger partial charge in [-0.25, -0.2) is 4.79 Å². The molecule has 0 spiro atoms. The number of rotatable bonds is 4.